The third-order valence-electron chi connectivity index (χ3n) is 2.07. The Morgan fingerprint density at radius 2 is 2.50 bits per heavy atom. The Balaban J connectivity index is 2.03. The monoisotopic (exact) mass is 202 g/mol. The predicted molar refractivity (Wildman–Crippen MR) is 46.7 cm³/mol. The number of carbonyl (C=O) groups excluding carboxylic acids is 2. The number of rotatable bonds is 6. The quantitative estimate of drug-likeness (QED) is 0.479. The molecule has 1 saturated heterocycles. The van der Waals surface area contributed by atoms with Crippen LogP contribution < -0.4 is 0 Å². The van der Waals surface area contributed by atoms with Crippen molar-refractivity contribution in [1.82, 2.24) is 0 Å². The van der Waals surface area contributed by atoms with Gasteiger partial charge in [0.05, 0.1) is 6.10 Å². The molecule has 0 saturated carbocycles. The van der Waals surface area contributed by atoms with Crippen LogP contribution in [0.25, 0.3) is 0 Å². The van der Waals surface area contributed by atoms with Crippen LogP contribution in [0.4, 0.5) is 4.79 Å². The number of cyclic esters (lactones) is 2. The van der Waals surface area contributed by atoms with Crippen LogP contribution in [0.3, 0.4) is 0 Å². The second-order valence-corrected chi connectivity index (χ2v) is 3.27. The van der Waals surface area contributed by atoms with Gasteiger partial charge in [-0.2, -0.15) is 0 Å². The lowest BCUT2D eigenvalue weighted by molar-refractivity contribution is -0.133. The van der Waals surface area contributed by atoms with Gasteiger partial charge in [0.2, 0.25) is 0 Å². The van der Waals surface area contributed by atoms with Gasteiger partial charge in [0.25, 0.3) is 6.47 Å². The van der Waals surface area contributed by atoms with Crippen LogP contribution in [0.1, 0.15) is 26.2 Å². The maximum absolute atomic E-state index is 10.5. The summed E-state index contributed by atoms with van der Waals surface area (Å²) in [6, 6.07) is 0. The lowest BCUT2D eigenvalue weighted by Crippen LogP contribution is -2.12. The first-order valence-corrected chi connectivity index (χ1v) is 4.65. The molecule has 0 N–H and O–H groups in total. The highest BCUT2D eigenvalue weighted by molar-refractivity contribution is 5.61. The predicted octanol–water partition coefficient (Wildman–Crippen LogP) is 1.25. The van der Waals surface area contributed by atoms with Gasteiger partial charge in [-0.25, -0.2) is 4.79 Å². The molecule has 0 bridgehead atoms. The number of ether oxygens (including phenoxy) is 3. The molecule has 1 aliphatic rings. The van der Waals surface area contributed by atoms with Gasteiger partial charge in [0, 0.05) is 0 Å². The zero-order chi connectivity index (χ0) is 10.4. The van der Waals surface area contributed by atoms with Crippen LogP contribution in [0.15, 0.2) is 0 Å². The van der Waals surface area contributed by atoms with Gasteiger partial charge in [-0.05, 0) is 26.2 Å². The Kier molecular flexibility index (Phi) is 4.22. The molecule has 5 nitrogen and oxygen atoms in total. The van der Waals surface area contributed by atoms with E-state index in [1.165, 1.54) is 0 Å². The average molecular weight is 202 g/mol. The van der Waals surface area contributed by atoms with Gasteiger partial charge < -0.3 is 14.2 Å². The Labute approximate surface area is 82.3 Å². The van der Waals surface area contributed by atoms with E-state index < -0.39 is 6.16 Å². The van der Waals surface area contributed by atoms with Gasteiger partial charge in [-0.3, -0.25) is 4.79 Å². The van der Waals surface area contributed by atoms with Crippen LogP contribution in [0, 0.1) is 0 Å². The molecule has 0 aromatic heterocycles. The first-order valence-electron chi connectivity index (χ1n) is 4.65. The topological polar surface area (TPSA) is 61.8 Å². The van der Waals surface area contributed by atoms with Crippen molar-refractivity contribution >= 4 is 12.6 Å². The molecule has 2 unspecified atom stereocenters. The first kappa shape index (κ1) is 10.8. The average Bonchev–Trinajstić information content (AvgIpc) is 2.52. The van der Waals surface area contributed by atoms with Gasteiger partial charge in [0.15, 0.2) is 0 Å². The minimum absolute atomic E-state index is 0.0782. The van der Waals surface area contributed by atoms with Crippen molar-refractivity contribution in [2.75, 3.05) is 6.61 Å². The van der Waals surface area contributed by atoms with Crippen molar-refractivity contribution < 1.29 is 23.8 Å². The molecule has 5 heteroatoms. The standard InChI is InChI=1S/C9H14O5/c1-7(13-6-10)3-2-4-8-5-12-9(11)14-8/h6-8H,2-5H2,1H3. The molecule has 80 valence electrons. The van der Waals surface area contributed by atoms with E-state index in [1.807, 2.05) is 6.92 Å². The summed E-state index contributed by atoms with van der Waals surface area (Å²) in [6.07, 6.45) is 1.56. The van der Waals surface area contributed by atoms with Crippen molar-refractivity contribution in [3.8, 4) is 0 Å². The van der Waals surface area contributed by atoms with E-state index in [-0.39, 0.29) is 12.2 Å². The molecule has 1 rings (SSSR count). The van der Waals surface area contributed by atoms with E-state index in [0.29, 0.717) is 13.1 Å². The summed E-state index contributed by atoms with van der Waals surface area (Å²) in [4.78, 5) is 20.5. The van der Waals surface area contributed by atoms with Gasteiger partial charge in [-0.15, -0.1) is 0 Å². The fourth-order valence-electron chi connectivity index (χ4n) is 1.30. The smallest absolute Gasteiger partial charge is 0.465 e. The van der Waals surface area contributed by atoms with E-state index >= 15 is 0 Å². The first-order chi connectivity index (χ1) is 6.72. The molecule has 14 heavy (non-hydrogen) atoms. The molecular weight excluding hydrogens is 188 g/mol. The number of carbonyl (C=O) groups is 2. The molecule has 1 aliphatic heterocycles. The molecule has 0 aromatic rings. The van der Waals surface area contributed by atoms with E-state index in [0.717, 1.165) is 19.3 Å². The summed E-state index contributed by atoms with van der Waals surface area (Å²) in [7, 11) is 0. The van der Waals surface area contributed by atoms with E-state index in [9.17, 15) is 9.59 Å². The molecule has 0 aliphatic carbocycles. The molecule has 2 atom stereocenters. The van der Waals surface area contributed by atoms with Crippen molar-refractivity contribution in [2.45, 2.75) is 38.4 Å². The van der Waals surface area contributed by atoms with E-state index in [1.54, 1.807) is 0 Å². The summed E-state index contributed by atoms with van der Waals surface area (Å²) < 4.78 is 14.2. The highest BCUT2D eigenvalue weighted by Crippen LogP contribution is 2.14. The maximum Gasteiger partial charge on any atom is 0.508 e. The fourth-order valence-corrected chi connectivity index (χ4v) is 1.30. The van der Waals surface area contributed by atoms with Gasteiger partial charge >= 0.3 is 6.16 Å². The Morgan fingerprint density at radius 3 is 3.07 bits per heavy atom. The minimum atomic E-state index is -0.591. The summed E-state index contributed by atoms with van der Waals surface area (Å²) in [5.41, 5.74) is 0. The second kappa shape index (κ2) is 5.47. The Hall–Kier alpha value is -1.26. The molecule has 0 spiro atoms. The van der Waals surface area contributed by atoms with Crippen LogP contribution in [0.2, 0.25) is 0 Å². The van der Waals surface area contributed by atoms with Crippen molar-refractivity contribution in [1.29, 1.82) is 0 Å². The number of hydrogen-bond donors (Lipinski definition) is 0. The molecule has 1 fully saturated rings. The number of hydrogen-bond acceptors (Lipinski definition) is 5. The lowest BCUT2D eigenvalue weighted by atomic mass is 10.1. The highest BCUT2D eigenvalue weighted by atomic mass is 16.8. The van der Waals surface area contributed by atoms with E-state index in [2.05, 4.69) is 4.74 Å². The molecule has 0 radical (unpaired) electrons. The van der Waals surface area contributed by atoms with Crippen molar-refractivity contribution in [3.63, 3.8) is 0 Å². The molecule has 0 aromatic carbocycles. The largest absolute Gasteiger partial charge is 0.508 e. The third-order valence-corrected chi connectivity index (χ3v) is 2.07. The summed E-state index contributed by atoms with van der Waals surface area (Å²) in [5.74, 6) is 0. The molecule has 0 amide bonds. The molecule has 1 heterocycles. The van der Waals surface area contributed by atoms with Gasteiger partial charge in [-0.1, -0.05) is 0 Å². The van der Waals surface area contributed by atoms with Crippen LogP contribution in [-0.2, 0) is 19.0 Å². The summed E-state index contributed by atoms with van der Waals surface area (Å²) in [5, 5.41) is 0. The van der Waals surface area contributed by atoms with Crippen LogP contribution in [-0.4, -0.2) is 31.4 Å². The molecular formula is C9H14O5. The van der Waals surface area contributed by atoms with Crippen molar-refractivity contribution in [2.24, 2.45) is 0 Å². The lowest BCUT2D eigenvalue weighted by Gasteiger charge is -2.10. The zero-order valence-corrected chi connectivity index (χ0v) is 8.10. The zero-order valence-electron chi connectivity index (χ0n) is 8.10. The summed E-state index contributed by atoms with van der Waals surface area (Å²) in [6.45, 7) is 2.61. The minimum Gasteiger partial charge on any atom is -0.465 e. The van der Waals surface area contributed by atoms with Crippen LogP contribution in [0.5, 0.6) is 0 Å². The van der Waals surface area contributed by atoms with Gasteiger partial charge in [0.1, 0.15) is 12.7 Å². The highest BCUT2D eigenvalue weighted by Gasteiger charge is 2.24. The van der Waals surface area contributed by atoms with E-state index in [4.69, 9.17) is 9.47 Å². The Bertz CT molecular complexity index is 203. The Morgan fingerprint density at radius 1 is 1.71 bits per heavy atom. The maximum atomic E-state index is 10.5. The summed E-state index contributed by atoms with van der Waals surface area (Å²) >= 11 is 0. The third kappa shape index (κ3) is 3.64. The van der Waals surface area contributed by atoms with Crippen molar-refractivity contribution in [3.05, 3.63) is 0 Å². The second-order valence-electron chi connectivity index (χ2n) is 3.27. The van der Waals surface area contributed by atoms with Crippen LogP contribution >= 0.6 is 0 Å². The normalized spacial score (nSPS) is 22.4. The SMILES string of the molecule is CC(CCCC1COC(=O)O1)OC=O. The fraction of sp³-hybridized carbons (Fsp3) is 0.778.